The van der Waals surface area contributed by atoms with Crippen molar-refractivity contribution in [1.29, 1.82) is 0 Å². The van der Waals surface area contributed by atoms with Crippen molar-refractivity contribution in [3.63, 3.8) is 0 Å². The van der Waals surface area contributed by atoms with Crippen molar-refractivity contribution in [2.45, 2.75) is 26.7 Å². The first-order valence-electron chi connectivity index (χ1n) is 6.45. The third-order valence-corrected chi connectivity index (χ3v) is 3.02. The quantitative estimate of drug-likeness (QED) is 0.878. The highest BCUT2D eigenvalue weighted by Crippen LogP contribution is 2.22. The molecule has 0 fully saturated rings. The van der Waals surface area contributed by atoms with Crippen LogP contribution in [0.5, 0.6) is 0 Å². The number of anilines is 1. The number of nitrogens with one attached hydrogen (secondary N) is 1. The van der Waals surface area contributed by atoms with Gasteiger partial charge >= 0.3 is 0 Å². The van der Waals surface area contributed by atoms with Gasteiger partial charge in [0.05, 0.1) is 5.02 Å². The zero-order valence-corrected chi connectivity index (χ0v) is 12.3. The number of hydrogen-bond donors (Lipinski definition) is 1. The van der Waals surface area contributed by atoms with E-state index in [4.69, 9.17) is 11.6 Å². The lowest BCUT2D eigenvalue weighted by Gasteiger charge is -2.21. The van der Waals surface area contributed by atoms with E-state index in [2.05, 4.69) is 5.32 Å². The average Bonchev–Trinajstić information content (AvgIpc) is 2.38. The Morgan fingerprint density at radius 3 is 2.65 bits per heavy atom. The second kappa shape index (κ2) is 7.85. The van der Waals surface area contributed by atoms with Crippen LogP contribution in [0.1, 0.15) is 26.7 Å². The van der Waals surface area contributed by atoms with Gasteiger partial charge in [-0.3, -0.25) is 9.59 Å². The molecule has 0 unspecified atom stereocenters. The first-order valence-corrected chi connectivity index (χ1v) is 6.83. The summed E-state index contributed by atoms with van der Waals surface area (Å²) in [5, 5.41) is 2.69. The highest BCUT2D eigenvalue weighted by Gasteiger charge is 2.13. The Balaban J connectivity index is 2.67. The minimum absolute atomic E-state index is 0.0382. The maximum atomic E-state index is 13.1. The molecule has 0 atom stereocenters. The number of halogens is 2. The zero-order chi connectivity index (χ0) is 15.1. The topological polar surface area (TPSA) is 49.4 Å². The molecule has 1 N–H and O–H groups in total. The SMILES string of the molecule is CCCC(=O)NCCN(C(C)=O)c1ccc(F)c(Cl)c1. The summed E-state index contributed by atoms with van der Waals surface area (Å²) >= 11 is 5.71. The molecule has 0 heterocycles. The fraction of sp³-hybridized carbons (Fsp3) is 0.429. The fourth-order valence-corrected chi connectivity index (χ4v) is 1.92. The normalized spacial score (nSPS) is 10.2. The van der Waals surface area contributed by atoms with Crippen LogP contribution in [0.4, 0.5) is 10.1 Å². The first-order chi connectivity index (χ1) is 9.45. The van der Waals surface area contributed by atoms with E-state index in [1.807, 2.05) is 6.92 Å². The second-order valence-electron chi connectivity index (χ2n) is 4.37. The van der Waals surface area contributed by atoms with E-state index in [9.17, 15) is 14.0 Å². The first kappa shape index (κ1) is 16.4. The van der Waals surface area contributed by atoms with Crippen molar-refractivity contribution >= 4 is 29.1 Å². The summed E-state index contributed by atoms with van der Waals surface area (Å²) < 4.78 is 13.1. The van der Waals surface area contributed by atoms with Gasteiger partial charge in [0.15, 0.2) is 0 Å². The van der Waals surface area contributed by atoms with Crippen LogP contribution < -0.4 is 10.2 Å². The van der Waals surface area contributed by atoms with E-state index < -0.39 is 5.82 Å². The predicted molar refractivity (Wildman–Crippen MR) is 77.4 cm³/mol. The lowest BCUT2D eigenvalue weighted by Crippen LogP contribution is -2.37. The number of carbonyl (C=O) groups is 2. The second-order valence-corrected chi connectivity index (χ2v) is 4.78. The predicted octanol–water partition coefficient (Wildman–Crippen LogP) is 2.75. The number of rotatable bonds is 6. The molecule has 0 saturated heterocycles. The molecular weight excluding hydrogens is 283 g/mol. The summed E-state index contributed by atoms with van der Waals surface area (Å²) in [5.41, 5.74) is 0.508. The van der Waals surface area contributed by atoms with Crippen LogP contribution in [0.15, 0.2) is 18.2 Å². The third-order valence-electron chi connectivity index (χ3n) is 2.73. The van der Waals surface area contributed by atoms with E-state index in [0.717, 1.165) is 6.42 Å². The smallest absolute Gasteiger partial charge is 0.223 e. The molecule has 1 aromatic carbocycles. The van der Waals surface area contributed by atoms with E-state index in [-0.39, 0.29) is 16.8 Å². The number of nitrogens with zero attached hydrogens (tertiary/aromatic N) is 1. The van der Waals surface area contributed by atoms with Crippen LogP contribution in [0, 0.1) is 5.82 Å². The summed E-state index contributed by atoms with van der Waals surface area (Å²) in [6.45, 7) is 3.98. The van der Waals surface area contributed by atoms with Gasteiger partial charge in [-0.25, -0.2) is 4.39 Å². The van der Waals surface area contributed by atoms with Gasteiger partial charge in [-0.2, -0.15) is 0 Å². The Hall–Kier alpha value is -1.62. The van der Waals surface area contributed by atoms with Gasteiger partial charge in [-0.15, -0.1) is 0 Å². The summed E-state index contributed by atoms with van der Waals surface area (Å²) in [6, 6.07) is 4.09. The Bertz CT molecular complexity index is 494. The molecule has 110 valence electrons. The molecule has 0 aliphatic rings. The third kappa shape index (κ3) is 4.81. The van der Waals surface area contributed by atoms with Crippen LogP contribution in [0.3, 0.4) is 0 Å². The van der Waals surface area contributed by atoms with E-state index in [0.29, 0.717) is 25.2 Å². The van der Waals surface area contributed by atoms with E-state index in [1.165, 1.54) is 30.0 Å². The molecule has 0 aliphatic carbocycles. The lowest BCUT2D eigenvalue weighted by molar-refractivity contribution is -0.121. The van der Waals surface area contributed by atoms with Crippen LogP contribution >= 0.6 is 11.6 Å². The molecule has 0 bridgehead atoms. The number of amides is 2. The molecule has 0 radical (unpaired) electrons. The van der Waals surface area contributed by atoms with Crippen LogP contribution in [0.25, 0.3) is 0 Å². The molecule has 1 aromatic rings. The molecule has 2 amide bonds. The minimum atomic E-state index is -0.532. The molecule has 20 heavy (non-hydrogen) atoms. The van der Waals surface area contributed by atoms with Crippen molar-refractivity contribution in [1.82, 2.24) is 5.32 Å². The van der Waals surface area contributed by atoms with Crippen molar-refractivity contribution in [3.8, 4) is 0 Å². The van der Waals surface area contributed by atoms with Gasteiger partial charge in [-0.05, 0) is 24.6 Å². The maximum absolute atomic E-state index is 13.1. The highest BCUT2D eigenvalue weighted by atomic mass is 35.5. The van der Waals surface area contributed by atoms with Crippen LogP contribution in [-0.4, -0.2) is 24.9 Å². The standard InChI is InChI=1S/C14H18ClFN2O2/c1-3-4-14(20)17-7-8-18(10(2)19)11-5-6-13(16)12(15)9-11/h5-6,9H,3-4,7-8H2,1-2H3,(H,17,20). The van der Waals surface area contributed by atoms with Crippen LogP contribution in [0.2, 0.25) is 5.02 Å². The van der Waals surface area contributed by atoms with E-state index >= 15 is 0 Å². The van der Waals surface area contributed by atoms with Gasteiger partial charge in [-0.1, -0.05) is 18.5 Å². The number of hydrogen-bond acceptors (Lipinski definition) is 2. The maximum Gasteiger partial charge on any atom is 0.223 e. The Morgan fingerprint density at radius 2 is 2.10 bits per heavy atom. The monoisotopic (exact) mass is 300 g/mol. The Kier molecular flexibility index (Phi) is 6.45. The number of benzene rings is 1. The summed E-state index contributed by atoms with van der Waals surface area (Å²) in [5.74, 6) is -0.777. The Morgan fingerprint density at radius 1 is 1.40 bits per heavy atom. The summed E-state index contributed by atoms with van der Waals surface area (Å²) in [6.07, 6.45) is 1.23. The van der Waals surface area contributed by atoms with Crippen LogP contribution in [-0.2, 0) is 9.59 Å². The molecule has 6 heteroatoms. The highest BCUT2D eigenvalue weighted by molar-refractivity contribution is 6.31. The van der Waals surface area contributed by atoms with E-state index in [1.54, 1.807) is 0 Å². The van der Waals surface area contributed by atoms with Gasteiger partial charge in [0.25, 0.3) is 0 Å². The van der Waals surface area contributed by atoms with Gasteiger partial charge in [0.1, 0.15) is 5.82 Å². The fourth-order valence-electron chi connectivity index (χ4n) is 1.74. The zero-order valence-electron chi connectivity index (χ0n) is 11.6. The van der Waals surface area contributed by atoms with Gasteiger partial charge in [0.2, 0.25) is 11.8 Å². The van der Waals surface area contributed by atoms with Crippen molar-refractivity contribution in [2.24, 2.45) is 0 Å². The molecule has 0 spiro atoms. The van der Waals surface area contributed by atoms with Crippen molar-refractivity contribution in [2.75, 3.05) is 18.0 Å². The van der Waals surface area contributed by atoms with Gasteiger partial charge in [0, 0.05) is 32.1 Å². The summed E-state index contributed by atoms with van der Waals surface area (Å²) in [7, 11) is 0. The molecule has 0 aliphatic heterocycles. The minimum Gasteiger partial charge on any atom is -0.354 e. The average molecular weight is 301 g/mol. The molecule has 0 aromatic heterocycles. The lowest BCUT2D eigenvalue weighted by atomic mass is 10.2. The molecule has 1 rings (SSSR count). The van der Waals surface area contributed by atoms with Crippen molar-refractivity contribution < 1.29 is 14.0 Å². The molecular formula is C14H18ClFN2O2. The molecule has 0 saturated carbocycles. The van der Waals surface area contributed by atoms with Gasteiger partial charge < -0.3 is 10.2 Å². The van der Waals surface area contributed by atoms with Crippen molar-refractivity contribution in [3.05, 3.63) is 29.0 Å². The Labute approximate surface area is 122 Å². The number of carbonyl (C=O) groups excluding carboxylic acids is 2. The largest absolute Gasteiger partial charge is 0.354 e. The summed E-state index contributed by atoms with van der Waals surface area (Å²) in [4.78, 5) is 24.4. The molecule has 4 nitrogen and oxygen atoms in total.